The Morgan fingerprint density at radius 3 is 3.15 bits per heavy atom. The van der Waals surface area contributed by atoms with Crippen LogP contribution < -0.4 is 0 Å². The topological polar surface area (TPSA) is 98.6 Å². The van der Waals surface area contributed by atoms with E-state index in [0.717, 1.165) is 10.5 Å². The highest BCUT2D eigenvalue weighted by molar-refractivity contribution is 7.99. The summed E-state index contributed by atoms with van der Waals surface area (Å²) in [4.78, 5) is 28.6. The van der Waals surface area contributed by atoms with Crippen LogP contribution in [0.15, 0.2) is 17.7 Å². The summed E-state index contributed by atoms with van der Waals surface area (Å²) in [6, 6.07) is 2.03. The van der Waals surface area contributed by atoms with Gasteiger partial charge in [-0.2, -0.15) is 5.26 Å². The van der Waals surface area contributed by atoms with Crippen molar-refractivity contribution >= 4 is 28.8 Å². The van der Waals surface area contributed by atoms with E-state index >= 15 is 0 Å². The van der Waals surface area contributed by atoms with Crippen LogP contribution in [0.2, 0.25) is 0 Å². The normalized spacial score (nSPS) is 10.4. The van der Waals surface area contributed by atoms with Crippen LogP contribution in [0.3, 0.4) is 0 Å². The van der Waals surface area contributed by atoms with Gasteiger partial charge in [-0.3, -0.25) is 4.79 Å². The Labute approximate surface area is 120 Å². The number of fused-ring (bicyclic) bond motifs is 1. The number of nitrogens with one attached hydrogen (secondary N) is 1. The molecular weight excluding hydrogens is 276 g/mol. The Bertz CT molecular complexity index is 634. The van der Waals surface area contributed by atoms with E-state index in [9.17, 15) is 4.79 Å². The molecule has 0 aliphatic heterocycles. The van der Waals surface area contributed by atoms with E-state index in [1.54, 1.807) is 18.3 Å². The van der Waals surface area contributed by atoms with Crippen LogP contribution in [0, 0.1) is 11.3 Å². The lowest BCUT2D eigenvalue weighted by molar-refractivity contribution is -0.129. The van der Waals surface area contributed by atoms with Crippen molar-refractivity contribution in [3.8, 4) is 6.07 Å². The zero-order valence-electron chi connectivity index (χ0n) is 11.0. The van der Waals surface area contributed by atoms with Gasteiger partial charge in [-0.05, 0) is 0 Å². The van der Waals surface area contributed by atoms with Crippen molar-refractivity contribution in [3.63, 3.8) is 0 Å². The fourth-order valence-corrected chi connectivity index (χ4v) is 2.51. The Balaban J connectivity index is 1.85. The average Bonchev–Trinajstić information content (AvgIpc) is 2.93. The molecule has 0 spiro atoms. The molecule has 0 fully saturated rings. The Hall–Kier alpha value is -2.14. The maximum absolute atomic E-state index is 11.8. The molecule has 1 amide bonds. The van der Waals surface area contributed by atoms with Gasteiger partial charge in [0.2, 0.25) is 5.91 Å². The molecule has 8 heteroatoms. The smallest absolute Gasteiger partial charge is 0.223 e. The van der Waals surface area contributed by atoms with Gasteiger partial charge >= 0.3 is 0 Å². The summed E-state index contributed by atoms with van der Waals surface area (Å²) in [5.41, 5.74) is 1.42. The highest BCUT2D eigenvalue weighted by Gasteiger charge is 2.10. The highest BCUT2D eigenvalue weighted by Crippen LogP contribution is 2.22. The summed E-state index contributed by atoms with van der Waals surface area (Å²) < 4.78 is 0. The first-order valence-electron chi connectivity index (χ1n) is 6.10. The van der Waals surface area contributed by atoms with Crippen LogP contribution >= 0.6 is 11.8 Å². The van der Waals surface area contributed by atoms with E-state index in [2.05, 4.69) is 19.9 Å². The molecule has 0 unspecified atom stereocenters. The van der Waals surface area contributed by atoms with Crippen molar-refractivity contribution in [2.45, 2.75) is 17.9 Å². The third-order valence-electron chi connectivity index (χ3n) is 2.73. The number of aromatic nitrogens is 4. The van der Waals surface area contributed by atoms with Gasteiger partial charge in [0.1, 0.15) is 16.9 Å². The number of imidazole rings is 1. The number of rotatable bonds is 6. The maximum Gasteiger partial charge on any atom is 0.223 e. The molecule has 0 saturated heterocycles. The minimum atomic E-state index is 0.0302. The summed E-state index contributed by atoms with van der Waals surface area (Å²) in [7, 11) is 1.71. The van der Waals surface area contributed by atoms with Crippen LogP contribution in [-0.2, 0) is 4.79 Å². The number of thioether (sulfide) groups is 1. The fraction of sp³-hybridized carbons (Fsp3) is 0.417. The molecule has 2 aromatic rings. The van der Waals surface area contributed by atoms with Crippen molar-refractivity contribution in [1.29, 1.82) is 5.26 Å². The minimum Gasteiger partial charge on any atom is -0.345 e. The number of carbonyl (C=O) groups excluding carboxylic acids is 1. The van der Waals surface area contributed by atoms with Crippen molar-refractivity contribution in [2.24, 2.45) is 0 Å². The van der Waals surface area contributed by atoms with E-state index in [1.165, 1.54) is 18.1 Å². The molecule has 104 valence electrons. The molecule has 0 aliphatic carbocycles. The lowest BCUT2D eigenvalue weighted by Crippen LogP contribution is -2.27. The molecule has 7 nitrogen and oxygen atoms in total. The maximum atomic E-state index is 11.8. The average molecular weight is 290 g/mol. The summed E-state index contributed by atoms with van der Waals surface area (Å²) >= 11 is 1.49. The highest BCUT2D eigenvalue weighted by atomic mass is 32.2. The molecule has 2 heterocycles. The van der Waals surface area contributed by atoms with Gasteiger partial charge in [-0.1, -0.05) is 0 Å². The van der Waals surface area contributed by atoms with Crippen molar-refractivity contribution < 1.29 is 4.79 Å². The number of nitriles is 1. The summed E-state index contributed by atoms with van der Waals surface area (Å²) in [6.07, 6.45) is 3.80. The lowest BCUT2D eigenvalue weighted by Gasteiger charge is -2.14. The van der Waals surface area contributed by atoms with E-state index in [4.69, 9.17) is 5.26 Å². The third kappa shape index (κ3) is 3.45. The number of hydrogen-bond donors (Lipinski definition) is 1. The summed E-state index contributed by atoms with van der Waals surface area (Å²) in [5, 5.41) is 9.28. The van der Waals surface area contributed by atoms with Crippen molar-refractivity contribution in [3.05, 3.63) is 12.7 Å². The number of hydrogen-bond acceptors (Lipinski definition) is 6. The number of carbonyl (C=O) groups is 1. The molecule has 2 rings (SSSR count). The standard InChI is InChI=1S/C12H14N6OS/c1-18(5-2-4-13)9(19)3-6-20-12-10-11(15-7-14-10)16-8-17-12/h7-8H,2-3,5-6H2,1H3,(H,14,15,16,17). The zero-order valence-corrected chi connectivity index (χ0v) is 11.9. The second-order valence-electron chi connectivity index (χ2n) is 4.10. The molecule has 0 aromatic carbocycles. The Kier molecular flexibility index (Phi) is 4.90. The van der Waals surface area contributed by atoms with Gasteiger partial charge in [-0.15, -0.1) is 11.8 Å². The monoisotopic (exact) mass is 290 g/mol. The molecule has 0 saturated carbocycles. The molecule has 0 aliphatic rings. The molecule has 0 radical (unpaired) electrons. The SMILES string of the molecule is CN(CCC#N)C(=O)CCSc1ncnc2nc[nH]c12. The first-order valence-corrected chi connectivity index (χ1v) is 7.08. The number of amides is 1. The van der Waals surface area contributed by atoms with Gasteiger partial charge in [0.25, 0.3) is 0 Å². The largest absolute Gasteiger partial charge is 0.345 e. The van der Waals surface area contributed by atoms with E-state index < -0.39 is 0 Å². The minimum absolute atomic E-state index is 0.0302. The van der Waals surface area contributed by atoms with E-state index in [-0.39, 0.29) is 5.91 Å². The zero-order chi connectivity index (χ0) is 14.4. The predicted molar refractivity (Wildman–Crippen MR) is 74.9 cm³/mol. The number of H-pyrrole nitrogens is 1. The molecule has 2 aromatic heterocycles. The van der Waals surface area contributed by atoms with Gasteiger partial charge in [0.15, 0.2) is 5.65 Å². The first kappa shape index (κ1) is 14.3. The van der Waals surface area contributed by atoms with Crippen LogP contribution in [0.4, 0.5) is 0 Å². The second kappa shape index (κ2) is 6.86. The first-order chi connectivity index (χ1) is 9.72. The van der Waals surface area contributed by atoms with Crippen molar-refractivity contribution in [2.75, 3.05) is 19.3 Å². The lowest BCUT2D eigenvalue weighted by atomic mass is 10.3. The van der Waals surface area contributed by atoms with Crippen LogP contribution in [0.25, 0.3) is 11.2 Å². The van der Waals surface area contributed by atoms with E-state index in [1.807, 2.05) is 6.07 Å². The van der Waals surface area contributed by atoms with Crippen LogP contribution in [0.1, 0.15) is 12.8 Å². The molecule has 1 N–H and O–H groups in total. The molecular formula is C12H14N6OS. The Morgan fingerprint density at radius 1 is 1.50 bits per heavy atom. The fourth-order valence-electron chi connectivity index (χ4n) is 1.62. The molecule has 0 atom stereocenters. The summed E-state index contributed by atoms with van der Waals surface area (Å²) in [5.74, 6) is 0.656. The van der Waals surface area contributed by atoms with Crippen LogP contribution in [0.5, 0.6) is 0 Å². The Morgan fingerprint density at radius 2 is 2.35 bits per heavy atom. The van der Waals surface area contributed by atoms with E-state index in [0.29, 0.717) is 30.8 Å². The van der Waals surface area contributed by atoms with Crippen molar-refractivity contribution in [1.82, 2.24) is 24.8 Å². The number of nitrogens with zero attached hydrogens (tertiary/aromatic N) is 5. The molecule has 0 bridgehead atoms. The number of aromatic amines is 1. The van der Waals surface area contributed by atoms with Gasteiger partial charge < -0.3 is 9.88 Å². The summed E-state index contributed by atoms with van der Waals surface area (Å²) in [6.45, 7) is 0.471. The molecule has 20 heavy (non-hydrogen) atoms. The quantitative estimate of drug-likeness (QED) is 0.634. The third-order valence-corrected chi connectivity index (χ3v) is 3.72. The van der Waals surface area contributed by atoms with Gasteiger partial charge in [0, 0.05) is 25.8 Å². The van der Waals surface area contributed by atoms with Gasteiger partial charge in [-0.25, -0.2) is 15.0 Å². The predicted octanol–water partition coefficient (Wildman–Crippen LogP) is 1.21. The van der Waals surface area contributed by atoms with Gasteiger partial charge in [0.05, 0.1) is 18.8 Å². The second-order valence-corrected chi connectivity index (χ2v) is 5.19. The van der Waals surface area contributed by atoms with Crippen LogP contribution in [-0.4, -0.2) is 50.1 Å².